The van der Waals surface area contributed by atoms with E-state index in [0.717, 1.165) is 5.56 Å². The first-order valence-electron chi connectivity index (χ1n) is 4.52. The first kappa shape index (κ1) is 10.1. The third-order valence-electron chi connectivity index (χ3n) is 1.92. The molecule has 0 saturated carbocycles. The van der Waals surface area contributed by atoms with E-state index in [0.29, 0.717) is 16.8 Å². The Morgan fingerprint density at radius 1 is 1.27 bits per heavy atom. The van der Waals surface area contributed by atoms with E-state index in [9.17, 15) is 0 Å². The molecule has 15 heavy (non-hydrogen) atoms. The maximum atomic E-state index is 5.77. The van der Waals surface area contributed by atoms with E-state index in [4.69, 9.17) is 21.8 Å². The van der Waals surface area contributed by atoms with Crippen LogP contribution >= 0.6 is 11.6 Å². The molecule has 2 rings (SSSR count). The molecule has 4 nitrogen and oxygen atoms in total. The SMILES string of the molecule is CC(N)c1nnc(-c2ccc(Cl)cc2)o1. The molecule has 2 N–H and O–H groups in total. The van der Waals surface area contributed by atoms with E-state index < -0.39 is 0 Å². The molecule has 1 atom stereocenters. The summed E-state index contributed by atoms with van der Waals surface area (Å²) < 4.78 is 5.38. The highest BCUT2D eigenvalue weighted by molar-refractivity contribution is 6.30. The van der Waals surface area contributed by atoms with Crippen LogP contribution in [-0.2, 0) is 0 Å². The topological polar surface area (TPSA) is 64.9 Å². The first-order valence-corrected chi connectivity index (χ1v) is 4.89. The molecule has 5 heteroatoms. The monoisotopic (exact) mass is 223 g/mol. The minimum Gasteiger partial charge on any atom is -0.419 e. The lowest BCUT2D eigenvalue weighted by atomic mass is 10.2. The van der Waals surface area contributed by atoms with Crippen molar-refractivity contribution in [3.8, 4) is 11.5 Å². The Bertz CT molecular complexity index is 450. The highest BCUT2D eigenvalue weighted by Gasteiger charge is 2.10. The van der Waals surface area contributed by atoms with E-state index in [1.165, 1.54) is 0 Å². The molecule has 0 fully saturated rings. The van der Waals surface area contributed by atoms with E-state index in [1.54, 1.807) is 19.1 Å². The average molecular weight is 224 g/mol. The number of hydrogen-bond donors (Lipinski definition) is 1. The maximum absolute atomic E-state index is 5.77. The van der Waals surface area contributed by atoms with Crippen LogP contribution in [0.4, 0.5) is 0 Å². The molecule has 1 aromatic carbocycles. The van der Waals surface area contributed by atoms with Crippen molar-refractivity contribution in [1.82, 2.24) is 10.2 Å². The Labute approximate surface area is 92.1 Å². The van der Waals surface area contributed by atoms with Gasteiger partial charge in [-0.15, -0.1) is 10.2 Å². The molecule has 78 valence electrons. The molecule has 0 aliphatic rings. The van der Waals surface area contributed by atoms with Crippen molar-refractivity contribution in [2.45, 2.75) is 13.0 Å². The Hall–Kier alpha value is -1.39. The number of nitrogens with two attached hydrogens (primary N) is 1. The van der Waals surface area contributed by atoms with Crippen molar-refractivity contribution in [3.05, 3.63) is 35.2 Å². The van der Waals surface area contributed by atoms with Crippen molar-refractivity contribution in [2.75, 3.05) is 0 Å². The second-order valence-corrected chi connectivity index (χ2v) is 3.68. The molecule has 0 radical (unpaired) electrons. The second kappa shape index (κ2) is 4.00. The van der Waals surface area contributed by atoms with E-state index in [-0.39, 0.29) is 6.04 Å². The van der Waals surface area contributed by atoms with Crippen LogP contribution in [0.15, 0.2) is 28.7 Å². The first-order chi connectivity index (χ1) is 7.16. The summed E-state index contributed by atoms with van der Waals surface area (Å²) in [6.45, 7) is 1.79. The lowest BCUT2D eigenvalue weighted by Gasteiger charge is -1.96. The highest BCUT2D eigenvalue weighted by atomic mass is 35.5. The summed E-state index contributed by atoms with van der Waals surface area (Å²) in [4.78, 5) is 0. The summed E-state index contributed by atoms with van der Waals surface area (Å²) in [6.07, 6.45) is 0. The molecule has 0 spiro atoms. The normalized spacial score (nSPS) is 12.7. The van der Waals surface area contributed by atoms with Gasteiger partial charge in [0.2, 0.25) is 11.8 Å². The third-order valence-corrected chi connectivity index (χ3v) is 2.17. The van der Waals surface area contributed by atoms with Gasteiger partial charge >= 0.3 is 0 Å². The number of rotatable bonds is 2. The van der Waals surface area contributed by atoms with Gasteiger partial charge in [0.05, 0.1) is 6.04 Å². The van der Waals surface area contributed by atoms with Crippen LogP contribution in [0.5, 0.6) is 0 Å². The van der Waals surface area contributed by atoms with Gasteiger partial charge in [0.25, 0.3) is 0 Å². The number of benzene rings is 1. The number of aromatic nitrogens is 2. The van der Waals surface area contributed by atoms with Crippen LogP contribution in [-0.4, -0.2) is 10.2 Å². The van der Waals surface area contributed by atoms with Crippen molar-refractivity contribution >= 4 is 11.6 Å². The van der Waals surface area contributed by atoms with Crippen LogP contribution in [0.25, 0.3) is 11.5 Å². The Balaban J connectivity index is 2.33. The van der Waals surface area contributed by atoms with Gasteiger partial charge in [-0.05, 0) is 31.2 Å². The van der Waals surface area contributed by atoms with Gasteiger partial charge in [0.15, 0.2) is 0 Å². The lowest BCUT2D eigenvalue weighted by Crippen LogP contribution is -2.04. The molecule has 1 aromatic heterocycles. The Kier molecular flexibility index (Phi) is 2.70. The van der Waals surface area contributed by atoms with E-state index in [1.807, 2.05) is 12.1 Å². The number of hydrogen-bond acceptors (Lipinski definition) is 4. The molecule has 1 unspecified atom stereocenters. The minimum absolute atomic E-state index is 0.251. The molecule has 0 aliphatic carbocycles. The van der Waals surface area contributed by atoms with Gasteiger partial charge in [0, 0.05) is 10.6 Å². The van der Waals surface area contributed by atoms with Crippen molar-refractivity contribution < 1.29 is 4.42 Å². The fourth-order valence-corrected chi connectivity index (χ4v) is 1.25. The van der Waals surface area contributed by atoms with Crippen LogP contribution < -0.4 is 5.73 Å². The Morgan fingerprint density at radius 3 is 2.47 bits per heavy atom. The summed E-state index contributed by atoms with van der Waals surface area (Å²) in [5.41, 5.74) is 6.44. The lowest BCUT2D eigenvalue weighted by molar-refractivity contribution is 0.473. The van der Waals surface area contributed by atoms with E-state index >= 15 is 0 Å². The molecule has 0 saturated heterocycles. The van der Waals surface area contributed by atoms with Crippen molar-refractivity contribution in [1.29, 1.82) is 0 Å². The van der Waals surface area contributed by atoms with Crippen LogP contribution in [0.3, 0.4) is 0 Å². The zero-order chi connectivity index (χ0) is 10.8. The fourth-order valence-electron chi connectivity index (χ4n) is 1.13. The molecule has 0 amide bonds. The fraction of sp³-hybridized carbons (Fsp3) is 0.200. The average Bonchev–Trinajstić information content (AvgIpc) is 2.68. The van der Waals surface area contributed by atoms with Crippen molar-refractivity contribution in [3.63, 3.8) is 0 Å². The van der Waals surface area contributed by atoms with Crippen molar-refractivity contribution in [2.24, 2.45) is 5.73 Å². The molecule has 0 aliphatic heterocycles. The van der Waals surface area contributed by atoms with Crippen LogP contribution in [0.1, 0.15) is 18.9 Å². The summed E-state index contributed by atoms with van der Waals surface area (Å²) in [5.74, 6) is 0.888. The third kappa shape index (κ3) is 2.16. The minimum atomic E-state index is -0.251. The predicted octanol–water partition coefficient (Wildman–Crippen LogP) is 2.41. The van der Waals surface area contributed by atoms with Gasteiger partial charge in [0.1, 0.15) is 0 Å². The summed E-state index contributed by atoms with van der Waals surface area (Å²) in [6, 6.07) is 6.93. The number of halogens is 1. The molecule has 0 bridgehead atoms. The smallest absolute Gasteiger partial charge is 0.247 e. The van der Waals surface area contributed by atoms with Gasteiger partial charge in [-0.1, -0.05) is 11.6 Å². The van der Waals surface area contributed by atoms with Gasteiger partial charge in [-0.2, -0.15) is 0 Å². The maximum Gasteiger partial charge on any atom is 0.247 e. The molecule has 1 heterocycles. The van der Waals surface area contributed by atoms with Gasteiger partial charge < -0.3 is 10.2 Å². The van der Waals surface area contributed by atoms with Crippen LogP contribution in [0, 0.1) is 0 Å². The predicted molar refractivity (Wildman–Crippen MR) is 57.3 cm³/mol. The van der Waals surface area contributed by atoms with Crippen LogP contribution in [0.2, 0.25) is 5.02 Å². The molecule has 2 aromatic rings. The highest BCUT2D eigenvalue weighted by Crippen LogP contribution is 2.21. The zero-order valence-corrected chi connectivity index (χ0v) is 8.90. The van der Waals surface area contributed by atoms with E-state index in [2.05, 4.69) is 10.2 Å². The molecular formula is C10H10ClN3O. The second-order valence-electron chi connectivity index (χ2n) is 3.24. The zero-order valence-electron chi connectivity index (χ0n) is 8.14. The summed E-state index contributed by atoms with van der Waals surface area (Å²) >= 11 is 5.77. The summed E-state index contributed by atoms with van der Waals surface area (Å²) in [7, 11) is 0. The number of nitrogens with zero attached hydrogens (tertiary/aromatic N) is 2. The quantitative estimate of drug-likeness (QED) is 0.849. The molecular weight excluding hydrogens is 214 g/mol. The van der Waals surface area contributed by atoms with Gasteiger partial charge in [-0.3, -0.25) is 0 Å². The standard InChI is InChI=1S/C10H10ClN3O/c1-6(12)9-13-14-10(15-9)7-2-4-8(11)5-3-7/h2-6H,12H2,1H3. The van der Waals surface area contributed by atoms with Gasteiger partial charge in [-0.25, -0.2) is 0 Å². The summed E-state index contributed by atoms with van der Waals surface area (Å²) in [5, 5.41) is 8.41. The Morgan fingerprint density at radius 2 is 1.93 bits per heavy atom. The largest absolute Gasteiger partial charge is 0.419 e.